The molecule has 0 saturated carbocycles. The van der Waals surface area contributed by atoms with Gasteiger partial charge >= 0.3 is 0 Å². The molecule has 2 N–H and O–H groups in total. The van der Waals surface area contributed by atoms with Crippen molar-refractivity contribution in [2.75, 3.05) is 11.1 Å². The molecule has 0 atom stereocenters. The molecule has 1 amide bonds. The maximum atomic E-state index is 12.5. The highest BCUT2D eigenvalue weighted by Gasteiger charge is 2.11. The van der Waals surface area contributed by atoms with Crippen molar-refractivity contribution in [3.05, 3.63) is 100.0 Å². The first-order valence-corrected chi connectivity index (χ1v) is 10.6. The Balaban J connectivity index is 1.40. The van der Waals surface area contributed by atoms with Crippen molar-refractivity contribution in [2.24, 2.45) is 0 Å². The average Bonchev–Trinajstić information content (AvgIpc) is 2.75. The van der Waals surface area contributed by atoms with E-state index in [4.69, 9.17) is 0 Å². The van der Waals surface area contributed by atoms with Gasteiger partial charge in [-0.1, -0.05) is 72.4 Å². The molecule has 150 valence electrons. The Bertz CT molecular complexity index is 1250. The van der Waals surface area contributed by atoms with Gasteiger partial charge in [0.1, 0.15) is 0 Å². The molecule has 0 radical (unpaired) electrons. The third-order valence-electron chi connectivity index (χ3n) is 4.80. The summed E-state index contributed by atoms with van der Waals surface area (Å²) >= 11 is 1.22. The lowest BCUT2D eigenvalue weighted by atomic mass is 10.1. The lowest BCUT2D eigenvalue weighted by Gasteiger charge is -2.08. The number of nitrogens with zero attached hydrogens (tertiary/aromatic N) is 1. The highest BCUT2D eigenvalue weighted by molar-refractivity contribution is 7.99. The van der Waals surface area contributed by atoms with Gasteiger partial charge < -0.3 is 10.3 Å². The lowest BCUT2D eigenvalue weighted by Crippen LogP contribution is -2.19. The highest BCUT2D eigenvalue weighted by Crippen LogP contribution is 2.20. The molecule has 6 heteroatoms. The van der Waals surface area contributed by atoms with Crippen molar-refractivity contribution < 1.29 is 4.79 Å². The first kappa shape index (κ1) is 19.9. The number of H-pyrrole nitrogens is 1. The summed E-state index contributed by atoms with van der Waals surface area (Å²) in [7, 11) is 0. The smallest absolute Gasteiger partial charge is 0.255 e. The van der Waals surface area contributed by atoms with Crippen LogP contribution in [0.5, 0.6) is 0 Å². The number of rotatable bonds is 6. The Kier molecular flexibility index (Phi) is 5.95. The summed E-state index contributed by atoms with van der Waals surface area (Å²) in [5.41, 5.74) is 2.97. The van der Waals surface area contributed by atoms with Crippen LogP contribution in [0, 0.1) is 6.92 Å². The minimum Gasteiger partial charge on any atom is -0.325 e. The molecular formula is C24H21N3O2S. The fraction of sp³-hybridized carbons (Fsp3) is 0.125. The van der Waals surface area contributed by atoms with E-state index in [0.29, 0.717) is 22.8 Å². The van der Waals surface area contributed by atoms with Crippen molar-refractivity contribution in [1.29, 1.82) is 0 Å². The van der Waals surface area contributed by atoms with Gasteiger partial charge in [-0.25, -0.2) is 4.98 Å². The zero-order valence-electron chi connectivity index (χ0n) is 16.5. The van der Waals surface area contributed by atoms with Crippen LogP contribution < -0.4 is 10.9 Å². The van der Waals surface area contributed by atoms with Gasteiger partial charge in [0.2, 0.25) is 5.91 Å². The van der Waals surface area contributed by atoms with Crippen LogP contribution >= 0.6 is 11.8 Å². The second-order valence-corrected chi connectivity index (χ2v) is 7.96. The number of carbonyl (C=O) groups is 1. The van der Waals surface area contributed by atoms with E-state index in [0.717, 1.165) is 22.0 Å². The first-order valence-electron chi connectivity index (χ1n) is 9.63. The number of fused-ring (bicyclic) bond motifs is 1. The monoisotopic (exact) mass is 415 g/mol. The Morgan fingerprint density at radius 2 is 1.73 bits per heavy atom. The van der Waals surface area contributed by atoms with Crippen LogP contribution in [-0.4, -0.2) is 21.6 Å². The van der Waals surface area contributed by atoms with Gasteiger partial charge in [-0.15, -0.1) is 0 Å². The van der Waals surface area contributed by atoms with E-state index in [1.807, 2.05) is 79.7 Å². The van der Waals surface area contributed by atoms with E-state index >= 15 is 0 Å². The number of benzene rings is 3. The quantitative estimate of drug-likeness (QED) is 0.358. The number of carbonyl (C=O) groups excluding carboxylic acids is 1. The molecule has 30 heavy (non-hydrogen) atoms. The summed E-state index contributed by atoms with van der Waals surface area (Å²) in [6, 6.07) is 23.6. The minimum atomic E-state index is -0.163. The Hall–Kier alpha value is -3.38. The Morgan fingerprint density at radius 1 is 1.00 bits per heavy atom. The summed E-state index contributed by atoms with van der Waals surface area (Å²) < 4.78 is 0. The predicted octanol–water partition coefficient (Wildman–Crippen LogP) is 4.55. The zero-order chi connectivity index (χ0) is 20.9. The minimum absolute atomic E-state index is 0.149. The number of nitrogens with one attached hydrogen (secondary N) is 2. The second kappa shape index (κ2) is 8.97. The maximum Gasteiger partial charge on any atom is 0.255 e. The number of aromatic nitrogens is 2. The van der Waals surface area contributed by atoms with Crippen LogP contribution in [0.2, 0.25) is 0 Å². The van der Waals surface area contributed by atoms with Crippen molar-refractivity contribution >= 4 is 34.1 Å². The van der Waals surface area contributed by atoms with Gasteiger partial charge in [0, 0.05) is 23.4 Å². The van der Waals surface area contributed by atoms with E-state index in [1.54, 1.807) is 0 Å². The standard InChI is InChI=1S/C24H21N3O2S/c1-16-21(13-17-7-3-2-4-8-17)23(29)27-24(25-16)30-15-22(28)26-20-12-11-18-9-5-6-10-19(18)14-20/h2-12,14H,13,15H2,1H3,(H,26,28)(H,25,27,29). The van der Waals surface area contributed by atoms with Crippen molar-refractivity contribution in [3.8, 4) is 0 Å². The van der Waals surface area contributed by atoms with Gasteiger partial charge in [-0.3, -0.25) is 9.59 Å². The molecular weight excluding hydrogens is 394 g/mol. The Morgan fingerprint density at radius 3 is 2.50 bits per heavy atom. The highest BCUT2D eigenvalue weighted by atomic mass is 32.2. The van der Waals surface area contributed by atoms with E-state index in [-0.39, 0.29) is 17.2 Å². The van der Waals surface area contributed by atoms with Gasteiger partial charge in [-0.05, 0) is 35.4 Å². The fourth-order valence-corrected chi connectivity index (χ4v) is 3.97. The molecule has 0 aliphatic carbocycles. The Labute approximate surface area is 178 Å². The van der Waals surface area contributed by atoms with Crippen LogP contribution in [0.4, 0.5) is 5.69 Å². The number of aromatic amines is 1. The van der Waals surface area contributed by atoms with E-state index in [2.05, 4.69) is 15.3 Å². The van der Waals surface area contributed by atoms with Gasteiger partial charge in [0.15, 0.2) is 5.16 Å². The van der Waals surface area contributed by atoms with E-state index in [1.165, 1.54) is 11.8 Å². The summed E-state index contributed by atoms with van der Waals surface area (Å²) in [5.74, 6) is 0.0108. The summed E-state index contributed by atoms with van der Waals surface area (Å²) in [4.78, 5) is 32.1. The van der Waals surface area contributed by atoms with Crippen molar-refractivity contribution in [3.63, 3.8) is 0 Å². The molecule has 0 fully saturated rings. The first-order chi connectivity index (χ1) is 14.6. The number of hydrogen-bond acceptors (Lipinski definition) is 4. The normalized spacial score (nSPS) is 10.8. The molecule has 0 saturated heterocycles. The van der Waals surface area contributed by atoms with Crippen LogP contribution in [0.3, 0.4) is 0 Å². The van der Waals surface area contributed by atoms with Crippen LogP contribution in [0.15, 0.2) is 82.7 Å². The molecule has 0 aliphatic heterocycles. The molecule has 0 aliphatic rings. The summed E-state index contributed by atoms with van der Waals surface area (Å²) in [6.07, 6.45) is 0.530. The number of anilines is 1. The fourth-order valence-electron chi connectivity index (χ4n) is 3.26. The zero-order valence-corrected chi connectivity index (χ0v) is 17.3. The van der Waals surface area contributed by atoms with Crippen LogP contribution in [0.25, 0.3) is 10.8 Å². The molecule has 5 nitrogen and oxygen atoms in total. The van der Waals surface area contributed by atoms with Crippen molar-refractivity contribution in [1.82, 2.24) is 9.97 Å². The molecule has 4 aromatic rings. The SMILES string of the molecule is Cc1nc(SCC(=O)Nc2ccc3ccccc3c2)[nH]c(=O)c1Cc1ccccc1. The topological polar surface area (TPSA) is 74.8 Å². The van der Waals surface area contributed by atoms with Gasteiger partial charge in [0.05, 0.1) is 5.75 Å². The van der Waals surface area contributed by atoms with Crippen molar-refractivity contribution in [2.45, 2.75) is 18.5 Å². The largest absolute Gasteiger partial charge is 0.325 e. The van der Waals surface area contributed by atoms with Gasteiger partial charge in [0.25, 0.3) is 5.56 Å². The van der Waals surface area contributed by atoms with Crippen LogP contribution in [0.1, 0.15) is 16.8 Å². The maximum absolute atomic E-state index is 12.5. The lowest BCUT2D eigenvalue weighted by molar-refractivity contribution is -0.113. The summed E-state index contributed by atoms with van der Waals surface area (Å²) in [6.45, 7) is 1.83. The molecule has 1 aromatic heterocycles. The molecule has 3 aromatic carbocycles. The van der Waals surface area contributed by atoms with E-state index in [9.17, 15) is 9.59 Å². The predicted molar refractivity (Wildman–Crippen MR) is 122 cm³/mol. The molecule has 4 rings (SSSR count). The average molecular weight is 416 g/mol. The third-order valence-corrected chi connectivity index (χ3v) is 5.67. The number of amides is 1. The molecule has 0 spiro atoms. The molecule has 0 unspecified atom stereocenters. The third kappa shape index (κ3) is 4.78. The molecule has 1 heterocycles. The summed E-state index contributed by atoms with van der Waals surface area (Å²) in [5, 5.41) is 5.54. The number of aryl methyl sites for hydroxylation is 1. The van der Waals surface area contributed by atoms with Crippen LogP contribution in [-0.2, 0) is 11.2 Å². The number of hydrogen-bond donors (Lipinski definition) is 2. The number of thioether (sulfide) groups is 1. The van der Waals surface area contributed by atoms with Gasteiger partial charge in [-0.2, -0.15) is 0 Å². The second-order valence-electron chi connectivity index (χ2n) is 7.00. The van der Waals surface area contributed by atoms with E-state index < -0.39 is 0 Å². The molecule has 0 bridgehead atoms.